The first-order valence-electron chi connectivity index (χ1n) is 10.2. The first-order chi connectivity index (χ1) is 14.9. The van der Waals surface area contributed by atoms with Gasteiger partial charge in [0.2, 0.25) is 0 Å². The van der Waals surface area contributed by atoms with Gasteiger partial charge in [-0.05, 0) is 0 Å². The summed E-state index contributed by atoms with van der Waals surface area (Å²) in [6.07, 6.45) is 5.97. The van der Waals surface area contributed by atoms with Crippen LogP contribution in [0.15, 0.2) is 58.0 Å². The number of carboxylic acids is 1. The molecule has 1 aliphatic rings. The van der Waals surface area contributed by atoms with Crippen LogP contribution in [0.5, 0.6) is 0 Å². The van der Waals surface area contributed by atoms with Crippen molar-refractivity contribution in [3.05, 3.63) is 65.5 Å². The van der Waals surface area contributed by atoms with E-state index in [1.165, 1.54) is 5.56 Å². The molecule has 8 heteroatoms. The normalized spacial score (nSPS) is 15.6. The zero-order valence-electron chi connectivity index (χ0n) is 16.7. The number of para-hydroxylation sites is 1. The Kier molecular flexibility index (Phi) is 5.19. The second kappa shape index (κ2) is 7.88. The summed E-state index contributed by atoms with van der Waals surface area (Å²) in [4.78, 5) is 15.2. The van der Waals surface area contributed by atoms with Crippen LogP contribution in [0.3, 0.4) is 0 Å². The number of aromatic nitrogens is 1. The van der Waals surface area contributed by atoms with Crippen LogP contribution in [0.1, 0.15) is 29.7 Å². The molecule has 0 fully saturated rings. The predicted octanol–water partition coefficient (Wildman–Crippen LogP) is 4.30. The molecule has 6 nitrogen and oxygen atoms in total. The molecular formula is C23H21AsNO5S. The van der Waals surface area contributed by atoms with Crippen molar-refractivity contribution >= 4 is 50.5 Å². The van der Waals surface area contributed by atoms with E-state index in [1.54, 1.807) is 18.3 Å². The van der Waals surface area contributed by atoms with Crippen molar-refractivity contribution in [1.29, 1.82) is 0 Å². The Balaban J connectivity index is 1.44. The molecule has 0 aliphatic heterocycles. The molecule has 5 rings (SSSR count). The predicted molar refractivity (Wildman–Crippen MR) is 119 cm³/mol. The van der Waals surface area contributed by atoms with Gasteiger partial charge in [0.15, 0.2) is 0 Å². The van der Waals surface area contributed by atoms with Crippen LogP contribution in [0.4, 0.5) is 0 Å². The average Bonchev–Trinajstić information content (AvgIpc) is 3.34. The maximum absolute atomic E-state index is 13.2. The molecule has 0 bridgehead atoms. The Hall–Kier alpha value is -2.50. The summed E-state index contributed by atoms with van der Waals surface area (Å²) in [7, 11) is -3.71. The molecule has 2 aromatic carbocycles. The summed E-state index contributed by atoms with van der Waals surface area (Å²) in [5.41, 5.74) is 3.49. The molecule has 1 aliphatic carbocycles. The van der Waals surface area contributed by atoms with E-state index in [4.69, 9.17) is 4.42 Å². The molecule has 0 saturated carbocycles. The molecule has 0 saturated heterocycles. The molecule has 31 heavy (non-hydrogen) atoms. The van der Waals surface area contributed by atoms with Crippen molar-refractivity contribution in [2.24, 2.45) is 0 Å². The van der Waals surface area contributed by atoms with E-state index < -0.39 is 33.4 Å². The molecule has 2 aromatic heterocycles. The van der Waals surface area contributed by atoms with Crippen LogP contribution in [0, 0.1) is 0 Å². The van der Waals surface area contributed by atoms with Crippen molar-refractivity contribution in [3.8, 4) is 0 Å². The van der Waals surface area contributed by atoms with Gasteiger partial charge in [-0.1, -0.05) is 0 Å². The van der Waals surface area contributed by atoms with E-state index in [-0.39, 0.29) is 11.3 Å². The van der Waals surface area contributed by atoms with Gasteiger partial charge in [0, 0.05) is 0 Å². The number of fused-ring (bicyclic) bond motifs is 4. The van der Waals surface area contributed by atoms with Crippen LogP contribution >= 0.6 is 0 Å². The Morgan fingerprint density at radius 3 is 2.77 bits per heavy atom. The number of hydrogen-bond acceptors (Lipinski definition) is 4. The van der Waals surface area contributed by atoms with Crippen molar-refractivity contribution in [1.82, 2.24) is 4.98 Å². The van der Waals surface area contributed by atoms with Crippen molar-refractivity contribution in [2.45, 2.75) is 41.7 Å². The summed E-state index contributed by atoms with van der Waals surface area (Å²) in [5, 5.41) is 11.7. The molecule has 0 amide bonds. The van der Waals surface area contributed by atoms with Crippen LogP contribution in [0.2, 0.25) is 4.71 Å². The minimum absolute atomic E-state index is 0.149. The van der Waals surface area contributed by atoms with Gasteiger partial charge in [-0.25, -0.2) is 0 Å². The number of aromatic amines is 1. The van der Waals surface area contributed by atoms with E-state index >= 15 is 0 Å². The van der Waals surface area contributed by atoms with Gasteiger partial charge in [0.25, 0.3) is 0 Å². The summed E-state index contributed by atoms with van der Waals surface area (Å²) in [5.74, 6) is -0.129. The SMILES string of the molecule is O=C(O)C(Cc1c[nH]c2ccccc12)[As]S(=O)(=O)c1ccc2c3c(oc2c1)CCCC3. The Morgan fingerprint density at radius 1 is 1.13 bits per heavy atom. The standard InChI is InChI=1S/C23H21AsNO5S/c26-23(27)19(11-14-13-25-20-7-3-1-5-16(14)20)24-31(28,29)15-9-10-18-17-6-2-4-8-21(17)30-22(18)12-15/h1,3,5,7,9-10,12-13,19,25H,2,4,6,8,11H2,(H,26,27). The summed E-state index contributed by atoms with van der Waals surface area (Å²) < 4.78 is 31.3. The quantitative estimate of drug-likeness (QED) is 0.386. The van der Waals surface area contributed by atoms with Crippen LogP contribution < -0.4 is 0 Å². The zero-order valence-corrected chi connectivity index (χ0v) is 19.4. The summed E-state index contributed by atoms with van der Waals surface area (Å²) in [6, 6.07) is 12.6. The fourth-order valence-corrected chi connectivity index (χ4v) is 10.5. The van der Waals surface area contributed by atoms with Crippen LogP contribution in [-0.4, -0.2) is 39.1 Å². The minimum atomic E-state index is -3.71. The topological polar surface area (TPSA) is 100 Å². The first-order valence-corrected chi connectivity index (χ1v) is 15.0. The molecule has 0 spiro atoms. The van der Waals surface area contributed by atoms with Crippen molar-refractivity contribution in [2.75, 3.05) is 0 Å². The number of furan rings is 1. The van der Waals surface area contributed by atoms with Crippen molar-refractivity contribution in [3.63, 3.8) is 0 Å². The number of carboxylic acid groups (broad SMARTS) is 1. The van der Waals surface area contributed by atoms with Gasteiger partial charge in [-0.3, -0.25) is 0 Å². The number of aliphatic carboxylic acids is 1. The third-order valence-corrected chi connectivity index (χ3v) is 12.8. The van der Waals surface area contributed by atoms with Crippen LogP contribution in [0.25, 0.3) is 21.9 Å². The third-order valence-electron chi connectivity index (χ3n) is 5.87. The van der Waals surface area contributed by atoms with E-state index in [9.17, 15) is 18.3 Å². The van der Waals surface area contributed by atoms with E-state index in [1.807, 2.05) is 30.3 Å². The second-order valence-corrected chi connectivity index (χ2v) is 15.2. The van der Waals surface area contributed by atoms with E-state index in [2.05, 4.69) is 4.98 Å². The van der Waals surface area contributed by atoms with Crippen LogP contribution in [-0.2, 0) is 32.2 Å². The van der Waals surface area contributed by atoms with Gasteiger partial charge in [0.05, 0.1) is 0 Å². The third kappa shape index (κ3) is 3.81. The fraction of sp³-hybridized carbons (Fsp3) is 0.261. The van der Waals surface area contributed by atoms with Gasteiger partial charge in [-0.15, -0.1) is 0 Å². The molecule has 1 atom stereocenters. The molecule has 4 aromatic rings. The number of hydrogen-bond donors (Lipinski definition) is 2. The molecule has 159 valence electrons. The Morgan fingerprint density at radius 2 is 1.94 bits per heavy atom. The Labute approximate surface area is 185 Å². The van der Waals surface area contributed by atoms with E-state index in [0.29, 0.717) is 5.58 Å². The van der Waals surface area contributed by atoms with Gasteiger partial charge in [-0.2, -0.15) is 0 Å². The molecule has 2 heterocycles. The Bertz CT molecular complexity index is 1400. The molecule has 1 unspecified atom stereocenters. The van der Waals surface area contributed by atoms with Crippen molar-refractivity contribution < 1.29 is 22.7 Å². The monoisotopic (exact) mass is 498 g/mol. The fourth-order valence-electron chi connectivity index (χ4n) is 4.31. The molecular weight excluding hydrogens is 477 g/mol. The molecule has 1 radical (unpaired) electrons. The molecule has 2 N–H and O–H groups in total. The number of rotatable bonds is 6. The number of H-pyrrole nitrogens is 1. The number of carbonyl (C=O) groups is 1. The summed E-state index contributed by atoms with van der Waals surface area (Å²) in [6.45, 7) is 0. The van der Waals surface area contributed by atoms with E-state index in [0.717, 1.165) is 53.3 Å². The van der Waals surface area contributed by atoms with Gasteiger partial charge < -0.3 is 0 Å². The summed E-state index contributed by atoms with van der Waals surface area (Å²) >= 11 is -1.52. The van der Waals surface area contributed by atoms with Gasteiger partial charge in [0.1, 0.15) is 0 Å². The maximum atomic E-state index is 13.2. The number of aryl methyl sites for hydroxylation is 2. The zero-order chi connectivity index (χ0) is 21.6. The van der Waals surface area contributed by atoms with Gasteiger partial charge >= 0.3 is 186 Å². The number of nitrogens with one attached hydrogen (secondary N) is 1. The second-order valence-electron chi connectivity index (χ2n) is 7.87. The number of benzene rings is 2. The average molecular weight is 498 g/mol. The first kappa shape index (κ1) is 20.4.